The number of halogens is 1. The van der Waals surface area contributed by atoms with Crippen molar-refractivity contribution in [3.8, 4) is 5.75 Å². The fraction of sp³-hybridized carbons (Fsp3) is 0.500. The molecule has 2 saturated heterocycles. The van der Waals surface area contributed by atoms with Gasteiger partial charge < -0.3 is 23.8 Å². The lowest BCUT2D eigenvalue weighted by molar-refractivity contribution is -0.139. The van der Waals surface area contributed by atoms with Crippen LogP contribution in [-0.4, -0.2) is 72.8 Å². The summed E-state index contributed by atoms with van der Waals surface area (Å²) in [6.45, 7) is 3.59. The average Bonchev–Trinajstić information content (AvgIpc) is 3.33. The second-order valence-corrected chi connectivity index (χ2v) is 8.56. The molecule has 0 saturated carbocycles. The van der Waals surface area contributed by atoms with Crippen molar-refractivity contribution >= 4 is 23.4 Å². The van der Waals surface area contributed by atoms with Crippen LogP contribution < -0.4 is 4.74 Å². The van der Waals surface area contributed by atoms with Gasteiger partial charge in [0.25, 0.3) is 5.91 Å². The van der Waals surface area contributed by atoms with Gasteiger partial charge in [-0.15, -0.1) is 0 Å². The van der Waals surface area contributed by atoms with E-state index in [1.807, 2.05) is 17.0 Å². The van der Waals surface area contributed by atoms with Crippen LogP contribution in [0.15, 0.2) is 41.1 Å². The highest BCUT2D eigenvalue weighted by atomic mass is 35.5. The number of carbonyl (C=O) groups excluding carboxylic acids is 2. The number of amides is 2. The maximum absolute atomic E-state index is 13.1. The Bertz CT molecular complexity index is 900. The van der Waals surface area contributed by atoms with Crippen LogP contribution in [0.2, 0.25) is 5.02 Å². The van der Waals surface area contributed by atoms with Crippen molar-refractivity contribution in [2.75, 3.05) is 46.0 Å². The van der Waals surface area contributed by atoms with Gasteiger partial charge in [-0.2, -0.15) is 0 Å². The van der Waals surface area contributed by atoms with E-state index >= 15 is 0 Å². The average molecular weight is 448 g/mol. The molecule has 2 aliphatic rings. The van der Waals surface area contributed by atoms with E-state index in [4.69, 9.17) is 25.6 Å². The molecule has 2 amide bonds. The molecule has 0 radical (unpaired) electrons. The van der Waals surface area contributed by atoms with Crippen LogP contribution in [0.25, 0.3) is 0 Å². The summed E-state index contributed by atoms with van der Waals surface area (Å²) in [6, 6.07) is 8.75. The third kappa shape index (κ3) is 5.37. The van der Waals surface area contributed by atoms with E-state index in [1.54, 1.807) is 23.1 Å². The molecule has 1 unspecified atom stereocenters. The lowest BCUT2D eigenvalue weighted by Gasteiger charge is -2.43. The molecule has 0 aliphatic carbocycles. The van der Waals surface area contributed by atoms with E-state index in [2.05, 4.69) is 5.16 Å². The Morgan fingerprint density at radius 2 is 2.00 bits per heavy atom. The van der Waals surface area contributed by atoms with Crippen molar-refractivity contribution in [2.45, 2.75) is 19.3 Å². The number of hydrogen-bond donors (Lipinski definition) is 0. The molecule has 2 aliphatic heterocycles. The molecule has 8 nitrogen and oxygen atoms in total. The number of benzene rings is 1. The van der Waals surface area contributed by atoms with Crippen LogP contribution in [0.3, 0.4) is 0 Å². The summed E-state index contributed by atoms with van der Waals surface area (Å²) in [5, 5.41) is 4.22. The SMILES string of the molecule is O=C(CC1(COc2cccc(Cl)c2)CCCN(C(=O)c2ccno2)C1)N1CCOCC1. The van der Waals surface area contributed by atoms with E-state index in [0.717, 1.165) is 12.8 Å². The number of nitrogens with zero attached hydrogens (tertiary/aromatic N) is 3. The fourth-order valence-corrected chi connectivity index (χ4v) is 4.40. The first-order valence-corrected chi connectivity index (χ1v) is 10.9. The van der Waals surface area contributed by atoms with Gasteiger partial charge in [-0.05, 0) is 31.0 Å². The zero-order chi connectivity index (χ0) is 21.7. The standard InChI is InChI=1S/C22H26ClN3O5/c23-17-3-1-4-18(13-17)30-16-22(14-20(27)25-9-11-29-12-10-25)6-2-8-26(15-22)21(28)19-5-7-24-31-19/h1,3-5,7,13H,2,6,8-12,14-16H2. The fourth-order valence-electron chi connectivity index (χ4n) is 4.21. The van der Waals surface area contributed by atoms with Crippen LogP contribution in [-0.2, 0) is 9.53 Å². The Kier molecular flexibility index (Phi) is 6.77. The predicted molar refractivity (Wildman–Crippen MR) is 113 cm³/mol. The Balaban J connectivity index is 1.52. The van der Waals surface area contributed by atoms with E-state index in [0.29, 0.717) is 63.2 Å². The molecule has 3 heterocycles. The minimum atomic E-state index is -0.508. The summed E-state index contributed by atoms with van der Waals surface area (Å²) in [6.07, 6.45) is 3.31. The minimum Gasteiger partial charge on any atom is -0.493 e. The van der Waals surface area contributed by atoms with Crippen molar-refractivity contribution in [3.63, 3.8) is 0 Å². The molecule has 1 aromatic heterocycles. The highest BCUT2D eigenvalue weighted by molar-refractivity contribution is 6.30. The van der Waals surface area contributed by atoms with Gasteiger partial charge in [0.1, 0.15) is 5.75 Å². The molecule has 31 heavy (non-hydrogen) atoms. The maximum atomic E-state index is 13.1. The van der Waals surface area contributed by atoms with Gasteiger partial charge in [0.05, 0.1) is 26.0 Å². The van der Waals surface area contributed by atoms with Crippen molar-refractivity contribution in [1.82, 2.24) is 15.0 Å². The molecule has 2 fully saturated rings. The van der Waals surface area contributed by atoms with Crippen LogP contribution in [0.5, 0.6) is 5.75 Å². The van der Waals surface area contributed by atoms with Crippen molar-refractivity contribution in [2.24, 2.45) is 5.41 Å². The number of ether oxygens (including phenoxy) is 2. The monoisotopic (exact) mass is 447 g/mol. The molecular formula is C22H26ClN3O5. The molecule has 4 rings (SSSR count). The molecule has 0 bridgehead atoms. The quantitative estimate of drug-likeness (QED) is 0.677. The second kappa shape index (κ2) is 9.70. The van der Waals surface area contributed by atoms with Gasteiger partial charge in [-0.25, -0.2) is 0 Å². The zero-order valence-corrected chi connectivity index (χ0v) is 18.1. The van der Waals surface area contributed by atoms with Crippen LogP contribution in [0.1, 0.15) is 29.8 Å². The number of hydrogen-bond acceptors (Lipinski definition) is 6. The van der Waals surface area contributed by atoms with Gasteiger partial charge in [-0.3, -0.25) is 9.59 Å². The molecule has 9 heteroatoms. The Labute approximate surface area is 186 Å². The molecule has 2 aromatic rings. The zero-order valence-electron chi connectivity index (χ0n) is 17.3. The Morgan fingerprint density at radius 1 is 1.16 bits per heavy atom. The van der Waals surface area contributed by atoms with Gasteiger partial charge >= 0.3 is 0 Å². The topological polar surface area (TPSA) is 85.1 Å². The van der Waals surface area contributed by atoms with E-state index in [9.17, 15) is 9.59 Å². The lowest BCUT2D eigenvalue weighted by Crippen LogP contribution is -2.52. The first kappa shape index (κ1) is 21.6. The number of rotatable bonds is 6. The van der Waals surface area contributed by atoms with Crippen LogP contribution in [0.4, 0.5) is 0 Å². The summed E-state index contributed by atoms with van der Waals surface area (Å²) in [5.74, 6) is 0.686. The van der Waals surface area contributed by atoms with E-state index in [1.165, 1.54) is 6.20 Å². The van der Waals surface area contributed by atoms with E-state index in [-0.39, 0.29) is 17.6 Å². The maximum Gasteiger partial charge on any atom is 0.292 e. The summed E-state index contributed by atoms with van der Waals surface area (Å²) < 4.78 is 16.5. The normalized spacial score (nSPS) is 21.7. The molecular weight excluding hydrogens is 422 g/mol. The molecule has 0 spiro atoms. The largest absolute Gasteiger partial charge is 0.493 e. The summed E-state index contributed by atoms with van der Waals surface area (Å²) in [5.41, 5.74) is -0.508. The van der Waals surface area contributed by atoms with Gasteiger partial charge in [0, 0.05) is 49.1 Å². The number of aromatic nitrogens is 1. The highest BCUT2D eigenvalue weighted by Crippen LogP contribution is 2.36. The lowest BCUT2D eigenvalue weighted by atomic mass is 9.77. The summed E-state index contributed by atoms with van der Waals surface area (Å²) in [7, 11) is 0. The van der Waals surface area contributed by atoms with E-state index < -0.39 is 5.41 Å². The number of morpholine rings is 1. The molecule has 166 valence electrons. The Hall–Kier alpha value is -2.58. The first-order valence-electron chi connectivity index (χ1n) is 10.5. The van der Waals surface area contributed by atoms with Crippen molar-refractivity contribution in [1.29, 1.82) is 0 Å². The highest BCUT2D eigenvalue weighted by Gasteiger charge is 2.41. The van der Waals surface area contributed by atoms with Crippen molar-refractivity contribution < 1.29 is 23.6 Å². The third-order valence-electron chi connectivity index (χ3n) is 5.83. The van der Waals surface area contributed by atoms with Gasteiger partial charge in [0.15, 0.2) is 0 Å². The molecule has 1 aromatic carbocycles. The first-order chi connectivity index (χ1) is 15.0. The predicted octanol–water partition coefficient (Wildman–Crippen LogP) is 2.88. The van der Waals surface area contributed by atoms with Gasteiger partial charge in [0.2, 0.25) is 11.7 Å². The minimum absolute atomic E-state index is 0.0620. The number of piperidine rings is 1. The molecule has 1 atom stereocenters. The molecule has 0 N–H and O–H groups in total. The third-order valence-corrected chi connectivity index (χ3v) is 6.06. The summed E-state index contributed by atoms with van der Waals surface area (Å²) in [4.78, 5) is 29.6. The Morgan fingerprint density at radius 3 is 2.74 bits per heavy atom. The smallest absolute Gasteiger partial charge is 0.292 e. The second-order valence-electron chi connectivity index (χ2n) is 8.12. The van der Waals surface area contributed by atoms with Crippen molar-refractivity contribution in [3.05, 3.63) is 47.3 Å². The van der Waals surface area contributed by atoms with Gasteiger partial charge in [-0.1, -0.05) is 22.8 Å². The number of likely N-dealkylation sites (tertiary alicyclic amines) is 1. The number of carbonyl (C=O) groups is 2. The van der Waals surface area contributed by atoms with Crippen LogP contribution in [0, 0.1) is 5.41 Å². The van der Waals surface area contributed by atoms with Crippen LogP contribution >= 0.6 is 11.6 Å². The summed E-state index contributed by atoms with van der Waals surface area (Å²) >= 11 is 6.09.